The molecule has 90 valence electrons. The highest BCUT2D eigenvalue weighted by molar-refractivity contribution is 5.91. The van der Waals surface area contributed by atoms with Crippen molar-refractivity contribution in [1.29, 1.82) is 0 Å². The largest absolute Gasteiger partial charge is 0.384 e. The van der Waals surface area contributed by atoms with Gasteiger partial charge in [0.15, 0.2) is 0 Å². The minimum absolute atomic E-state index is 0.493. The minimum Gasteiger partial charge on any atom is -0.384 e. The molecular weight excluding hydrogens is 212 g/mol. The van der Waals surface area contributed by atoms with Crippen LogP contribution in [0.3, 0.4) is 0 Å². The zero-order chi connectivity index (χ0) is 12.1. The Hall–Kier alpha value is -1.61. The zero-order valence-corrected chi connectivity index (χ0v) is 10.3. The van der Waals surface area contributed by atoms with E-state index < -0.39 is 0 Å². The van der Waals surface area contributed by atoms with Crippen molar-refractivity contribution in [3.8, 4) is 0 Å². The fraction of sp³-hybridized carbons (Fsp3) is 0.357. The molecule has 0 radical (unpaired) electrons. The molecule has 0 saturated heterocycles. The maximum atomic E-state index is 5.13. The summed E-state index contributed by atoms with van der Waals surface area (Å²) in [6.07, 6.45) is 1.82. The predicted molar refractivity (Wildman–Crippen MR) is 71.3 cm³/mol. The molecule has 2 rings (SSSR count). The van der Waals surface area contributed by atoms with Gasteiger partial charge in [-0.3, -0.25) is 4.98 Å². The van der Waals surface area contributed by atoms with Gasteiger partial charge in [0.05, 0.1) is 12.1 Å². The highest BCUT2D eigenvalue weighted by Gasteiger charge is 2.03. The first kappa shape index (κ1) is 11.9. The van der Waals surface area contributed by atoms with Gasteiger partial charge >= 0.3 is 0 Å². The second-order valence-electron chi connectivity index (χ2n) is 4.32. The lowest BCUT2D eigenvalue weighted by molar-refractivity contribution is 0.164. The van der Waals surface area contributed by atoms with Crippen LogP contribution in [0.5, 0.6) is 0 Å². The Morgan fingerprint density at radius 3 is 3.00 bits per heavy atom. The summed E-state index contributed by atoms with van der Waals surface area (Å²) in [6, 6.07) is 10.2. The lowest BCUT2D eigenvalue weighted by Gasteiger charge is -2.13. The van der Waals surface area contributed by atoms with Crippen molar-refractivity contribution in [2.45, 2.75) is 6.92 Å². The van der Waals surface area contributed by atoms with Gasteiger partial charge in [0.1, 0.15) is 0 Å². The van der Waals surface area contributed by atoms with E-state index >= 15 is 0 Å². The first-order chi connectivity index (χ1) is 8.31. The van der Waals surface area contributed by atoms with Gasteiger partial charge in [-0.25, -0.2) is 0 Å². The third kappa shape index (κ3) is 2.94. The third-order valence-electron chi connectivity index (χ3n) is 2.74. The molecule has 0 aliphatic carbocycles. The Labute approximate surface area is 102 Å². The van der Waals surface area contributed by atoms with Crippen LogP contribution in [0, 0.1) is 5.92 Å². The van der Waals surface area contributed by atoms with Crippen molar-refractivity contribution in [3.05, 3.63) is 36.5 Å². The van der Waals surface area contributed by atoms with Crippen LogP contribution >= 0.6 is 0 Å². The second kappa shape index (κ2) is 5.64. The summed E-state index contributed by atoms with van der Waals surface area (Å²) in [4.78, 5) is 4.34. The molecular formula is C14H18N2O. The Morgan fingerprint density at radius 2 is 2.18 bits per heavy atom. The normalized spacial score (nSPS) is 12.6. The molecule has 0 bridgehead atoms. The van der Waals surface area contributed by atoms with Crippen molar-refractivity contribution in [2.24, 2.45) is 5.92 Å². The van der Waals surface area contributed by atoms with Crippen molar-refractivity contribution in [3.63, 3.8) is 0 Å². The second-order valence-corrected chi connectivity index (χ2v) is 4.32. The van der Waals surface area contributed by atoms with Crippen LogP contribution in [0.2, 0.25) is 0 Å². The van der Waals surface area contributed by atoms with E-state index in [9.17, 15) is 0 Å². The Kier molecular flexibility index (Phi) is 3.94. The minimum atomic E-state index is 0.493. The summed E-state index contributed by atoms with van der Waals surface area (Å²) in [5, 5.41) is 4.62. The smallest absolute Gasteiger partial charge is 0.0722 e. The summed E-state index contributed by atoms with van der Waals surface area (Å²) in [5.41, 5.74) is 2.16. The molecule has 3 nitrogen and oxygen atoms in total. The van der Waals surface area contributed by atoms with Gasteiger partial charge in [0.25, 0.3) is 0 Å². The third-order valence-corrected chi connectivity index (χ3v) is 2.74. The number of fused-ring (bicyclic) bond motifs is 1. The molecule has 3 heteroatoms. The summed E-state index contributed by atoms with van der Waals surface area (Å²) < 4.78 is 5.13. The van der Waals surface area contributed by atoms with Gasteiger partial charge in [-0.1, -0.05) is 13.0 Å². The first-order valence-corrected chi connectivity index (χ1v) is 5.88. The maximum absolute atomic E-state index is 5.13. The number of nitrogens with zero attached hydrogens (tertiary/aromatic N) is 1. The van der Waals surface area contributed by atoms with Gasteiger partial charge in [0.2, 0.25) is 0 Å². The number of ether oxygens (including phenoxy) is 1. The van der Waals surface area contributed by atoms with Crippen LogP contribution in [0.25, 0.3) is 10.9 Å². The number of anilines is 1. The Bertz CT molecular complexity index is 479. The molecule has 1 atom stereocenters. The number of hydrogen-bond donors (Lipinski definition) is 1. The van der Waals surface area contributed by atoms with E-state index in [-0.39, 0.29) is 0 Å². The molecule has 1 aromatic carbocycles. The van der Waals surface area contributed by atoms with Crippen LogP contribution in [0.4, 0.5) is 5.69 Å². The van der Waals surface area contributed by atoms with Gasteiger partial charge in [-0.2, -0.15) is 0 Å². The molecule has 17 heavy (non-hydrogen) atoms. The van der Waals surface area contributed by atoms with Crippen molar-refractivity contribution >= 4 is 16.6 Å². The SMILES string of the molecule is COCC(C)CNc1cccc2ncccc12. The lowest BCUT2D eigenvalue weighted by Crippen LogP contribution is -2.15. The first-order valence-electron chi connectivity index (χ1n) is 5.88. The average molecular weight is 230 g/mol. The number of rotatable bonds is 5. The standard InChI is InChI=1S/C14H18N2O/c1-11(10-17-2)9-16-14-7-3-6-13-12(14)5-4-8-15-13/h3-8,11,16H,9-10H2,1-2H3. The van der Waals surface area contributed by atoms with E-state index in [4.69, 9.17) is 4.74 Å². The molecule has 1 aromatic heterocycles. The van der Waals surface area contributed by atoms with Crippen molar-refractivity contribution < 1.29 is 4.74 Å². The van der Waals surface area contributed by atoms with E-state index in [1.807, 2.05) is 24.4 Å². The number of methoxy groups -OCH3 is 1. The molecule has 0 aliphatic heterocycles. The monoisotopic (exact) mass is 230 g/mol. The maximum Gasteiger partial charge on any atom is 0.0722 e. The van der Waals surface area contributed by atoms with E-state index in [2.05, 4.69) is 29.4 Å². The number of hydrogen-bond acceptors (Lipinski definition) is 3. The quantitative estimate of drug-likeness (QED) is 0.857. The topological polar surface area (TPSA) is 34.1 Å². The van der Waals surface area contributed by atoms with Gasteiger partial charge in [-0.05, 0) is 30.2 Å². The van der Waals surface area contributed by atoms with E-state index in [1.54, 1.807) is 7.11 Å². The van der Waals surface area contributed by atoms with Crippen LogP contribution < -0.4 is 5.32 Å². The Balaban J connectivity index is 2.13. The number of pyridine rings is 1. The lowest BCUT2D eigenvalue weighted by atomic mass is 10.1. The summed E-state index contributed by atoms with van der Waals surface area (Å²) >= 11 is 0. The molecule has 1 N–H and O–H groups in total. The molecule has 1 unspecified atom stereocenters. The molecule has 0 fully saturated rings. The molecule has 0 spiro atoms. The van der Waals surface area contributed by atoms with E-state index in [0.717, 1.165) is 24.4 Å². The van der Waals surface area contributed by atoms with Crippen LogP contribution in [0.15, 0.2) is 36.5 Å². The molecule has 2 aromatic rings. The fourth-order valence-corrected chi connectivity index (χ4v) is 1.89. The van der Waals surface area contributed by atoms with E-state index in [1.165, 1.54) is 5.39 Å². The fourth-order valence-electron chi connectivity index (χ4n) is 1.89. The highest BCUT2D eigenvalue weighted by Crippen LogP contribution is 2.21. The van der Waals surface area contributed by atoms with E-state index in [0.29, 0.717) is 5.92 Å². The predicted octanol–water partition coefficient (Wildman–Crippen LogP) is 2.93. The Morgan fingerprint density at radius 1 is 1.29 bits per heavy atom. The number of benzene rings is 1. The summed E-state index contributed by atoms with van der Waals surface area (Å²) in [7, 11) is 1.73. The van der Waals surface area contributed by atoms with Crippen molar-refractivity contribution in [1.82, 2.24) is 4.98 Å². The van der Waals surface area contributed by atoms with Crippen molar-refractivity contribution in [2.75, 3.05) is 25.6 Å². The van der Waals surface area contributed by atoms with Gasteiger partial charge in [0, 0.05) is 30.9 Å². The molecule has 0 aliphatic rings. The van der Waals surface area contributed by atoms with Crippen LogP contribution in [-0.2, 0) is 4.74 Å². The summed E-state index contributed by atoms with van der Waals surface area (Å²) in [6.45, 7) is 3.84. The molecule has 1 heterocycles. The molecule has 0 saturated carbocycles. The number of nitrogens with one attached hydrogen (secondary N) is 1. The molecule has 0 amide bonds. The zero-order valence-electron chi connectivity index (χ0n) is 10.3. The highest BCUT2D eigenvalue weighted by atomic mass is 16.5. The number of aromatic nitrogens is 1. The van der Waals surface area contributed by atoms with Gasteiger partial charge in [-0.15, -0.1) is 0 Å². The van der Waals surface area contributed by atoms with Crippen LogP contribution in [-0.4, -0.2) is 25.2 Å². The summed E-state index contributed by atoms with van der Waals surface area (Å²) in [5.74, 6) is 0.493. The van der Waals surface area contributed by atoms with Gasteiger partial charge < -0.3 is 10.1 Å². The van der Waals surface area contributed by atoms with Crippen LogP contribution in [0.1, 0.15) is 6.92 Å². The average Bonchev–Trinajstić information content (AvgIpc) is 2.36.